The maximum atomic E-state index is 9.38. The Bertz CT molecular complexity index is 208. The van der Waals surface area contributed by atoms with Gasteiger partial charge in [-0.2, -0.15) is 0 Å². The lowest BCUT2D eigenvalue weighted by atomic mass is 9.72. The zero-order chi connectivity index (χ0) is 14.6. The third kappa shape index (κ3) is 7.11. The molecule has 0 spiro atoms. The molecule has 0 aromatic heterocycles. The highest BCUT2D eigenvalue weighted by molar-refractivity contribution is 4.78. The number of hydrogen-bond donors (Lipinski definition) is 1. The Balaban J connectivity index is 2.22. The predicted octanol–water partition coefficient (Wildman–Crippen LogP) is 5.95. The molecule has 1 heteroatoms. The summed E-state index contributed by atoms with van der Waals surface area (Å²) >= 11 is 0. The normalized spacial score (nSPS) is 19.9. The van der Waals surface area contributed by atoms with Gasteiger partial charge in [0.05, 0.1) is 0 Å². The fourth-order valence-corrected chi connectivity index (χ4v) is 4.16. The van der Waals surface area contributed by atoms with E-state index in [9.17, 15) is 5.11 Å². The average molecular weight is 283 g/mol. The van der Waals surface area contributed by atoms with E-state index in [4.69, 9.17) is 0 Å². The Morgan fingerprint density at radius 1 is 0.900 bits per heavy atom. The molecule has 1 aliphatic carbocycles. The first-order valence-corrected chi connectivity index (χ1v) is 9.40. The van der Waals surface area contributed by atoms with E-state index >= 15 is 0 Å². The maximum Gasteiger partial charge on any atom is 0.0433 e. The monoisotopic (exact) mass is 282 g/mol. The fraction of sp³-hybridized carbons (Fsp3) is 1.00. The van der Waals surface area contributed by atoms with E-state index in [0.717, 1.165) is 24.2 Å². The summed E-state index contributed by atoms with van der Waals surface area (Å²) in [6.45, 7) is 5.12. The smallest absolute Gasteiger partial charge is 0.0433 e. The molecule has 1 N–H and O–H groups in total. The van der Waals surface area contributed by atoms with E-state index in [2.05, 4.69) is 13.8 Å². The fourth-order valence-electron chi connectivity index (χ4n) is 4.16. The summed E-state index contributed by atoms with van der Waals surface area (Å²) in [4.78, 5) is 0. The Morgan fingerprint density at radius 2 is 1.55 bits per heavy atom. The van der Waals surface area contributed by atoms with Crippen LogP contribution in [0.1, 0.15) is 97.3 Å². The van der Waals surface area contributed by atoms with Gasteiger partial charge in [0.1, 0.15) is 0 Å². The summed E-state index contributed by atoms with van der Waals surface area (Å²) in [6, 6.07) is 0. The van der Waals surface area contributed by atoms with Crippen LogP contribution in [-0.4, -0.2) is 11.7 Å². The van der Waals surface area contributed by atoms with Gasteiger partial charge < -0.3 is 5.11 Å². The standard InChI is InChI=1S/C19H38O/c1-3-4-5-6-7-9-12-17(2)19(15-16-20)18-13-10-8-11-14-18/h17-20H,3-16H2,1-2H3. The predicted molar refractivity (Wildman–Crippen MR) is 88.9 cm³/mol. The zero-order valence-corrected chi connectivity index (χ0v) is 14.1. The second-order valence-electron chi connectivity index (χ2n) is 7.11. The summed E-state index contributed by atoms with van der Waals surface area (Å²) in [7, 11) is 0. The maximum absolute atomic E-state index is 9.38. The Kier molecular flexibility index (Phi) is 10.4. The molecule has 0 radical (unpaired) electrons. The average Bonchev–Trinajstić information content (AvgIpc) is 2.49. The highest BCUT2D eigenvalue weighted by atomic mass is 16.3. The lowest BCUT2D eigenvalue weighted by Gasteiger charge is -2.34. The van der Waals surface area contributed by atoms with Crippen molar-refractivity contribution in [2.75, 3.05) is 6.61 Å². The van der Waals surface area contributed by atoms with Crippen LogP contribution in [0.25, 0.3) is 0 Å². The van der Waals surface area contributed by atoms with Crippen LogP contribution in [0, 0.1) is 17.8 Å². The molecule has 1 aliphatic rings. The van der Waals surface area contributed by atoms with Gasteiger partial charge in [-0.25, -0.2) is 0 Å². The van der Waals surface area contributed by atoms with Crippen LogP contribution in [-0.2, 0) is 0 Å². The first-order chi connectivity index (χ1) is 9.79. The van der Waals surface area contributed by atoms with Crippen molar-refractivity contribution in [2.24, 2.45) is 17.8 Å². The summed E-state index contributed by atoms with van der Waals surface area (Å²) in [6.07, 6.45) is 18.0. The molecule has 2 unspecified atom stereocenters. The lowest BCUT2D eigenvalue weighted by molar-refractivity contribution is 0.135. The van der Waals surface area contributed by atoms with Crippen LogP contribution < -0.4 is 0 Å². The van der Waals surface area contributed by atoms with Gasteiger partial charge in [0.15, 0.2) is 0 Å². The largest absolute Gasteiger partial charge is 0.396 e. The Hall–Kier alpha value is -0.0400. The van der Waals surface area contributed by atoms with Gasteiger partial charge >= 0.3 is 0 Å². The second-order valence-corrected chi connectivity index (χ2v) is 7.11. The van der Waals surface area contributed by atoms with Crippen molar-refractivity contribution in [3.05, 3.63) is 0 Å². The van der Waals surface area contributed by atoms with E-state index in [0.29, 0.717) is 6.61 Å². The van der Waals surface area contributed by atoms with Crippen molar-refractivity contribution < 1.29 is 5.11 Å². The van der Waals surface area contributed by atoms with Crippen LogP contribution in [0.3, 0.4) is 0 Å². The number of rotatable bonds is 11. The first kappa shape index (κ1) is 18.0. The third-order valence-electron chi connectivity index (χ3n) is 5.46. The van der Waals surface area contributed by atoms with Gasteiger partial charge in [-0.3, -0.25) is 0 Å². The molecule has 0 aromatic rings. The molecular weight excluding hydrogens is 244 g/mol. The minimum absolute atomic E-state index is 0.391. The molecule has 0 aliphatic heterocycles. The van der Waals surface area contributed by atoms with Gasteiger partial charge in [0.2, 0.25) is 0 Å². The van der Waals surface area contributed by atoms with Crippen molar-refractivity contribution in [3.63, 3.8) is 0 Å². The Labute approximate surface area is 127 Å². The molecule has 120 valence electrons. The minimum atomic E-state index is 0.391. The van der Waals surface area contributed by atoms with Crippen molar-refractivity contribution >= 4 is 0 Å². The molecule has 0 aromatic carbocycles. The number of aliphatic hydroxyl groups is 1. The van der Waals surface area contributed by atoms with E-state index in [1.54, 1.807) is 0 Å². The number of unbranched alkanes of at least 4 members (excludes halogenated alkanes) is 5. The molecule has 1 nitrogen and oxygen atoms in total. The van der Waals surface area contributed by atoms with Crippen LogP contribution in [0.15, 0.2) is 0 Å². The van der Waals surface area contributed by atoms with E-state index in [1.807, 2.05) is 0 Å². The number of aliphatic hydroxyl groups excluding tert-OH is 1. The topological polar surface area (TPSA) is 20.2 Å². The molecule has 0 amide bonds. The highest BCUT2D eigenvalue weighted by Gasteiger charge is 2.27. The van der Waals surface area contributed by atoms with Crippen molar-refractivity contribution in [2.45, 2.75) is 97.3 Å². The second kappa shape index (κ2) is 11.6. The molecular formula is C19H38O. The van der Waals surface area contributed by atoms with E-state index in [-0.39, 0.29) is 0 Å². The molecule has 0 saturated heterocycles. The van der Waals surface area contributed by atoms with Gasteiger partial charge in [-0.1, -0.05) is 90.9 Å². The van der Waals surface area contributed by atoms with Gasteiger partial charge in [-0.05, 0) is 24.2 Å². The molecule has 1 fully saturated rings. The lowest BCUT2D eigenvalue weighted by Crippen LogP contribution is -2.25. The molecule has 1 rings (SSSR count). The van der Waals surface area contributed by atoms with E-state index < -0.39 is 0 Å². The summed E-state index contributed by atoms with van der Waals surface area (Å²) in [5.74, 6) is 2.51. The van der Waals surface area contributed by atoms with Gasteiger partial charge in [0, 0.05) is 6.61 Å². The molecule has 0 bridgehead atoms. The van der Waals surface area contributed by atoms with Crippen LogP contribution in [0.5, 0.6) is 0 Å². The molecule has 1 saturated carbocycles. The van der Waals surface area contributed by atoms with E-state index in [1.165, 1.54) is 77.0 Å². The SMILES string of the molecule is CCCCCCCCC(C)C(CCO)C1CCCCC1. The Morgan fingerprint density at radius 3 is 2.20 bits per heavy atom. The van der Waals surface area contributed by atoms with Crippen molar-refractivity contribution in [1.29, 1.82) is 0 Å². The molecule has 0 heterocycles. The number of hydrogen-bond acceptors (Lipinski definition) is 1. The van der Waals surface area contributed by atoms with Gasteiger partial charge in [-0.15, -0.1) is 0 Å². The summed E-state index contributed by atoms with van der Waals surface area (Å²) in [5.41, 5.74) is 0. The summed E-state index contributed by atoms with van der Waals surface area (Å²) in [5, 5.41) is 9.38. The quantitative estimate of drug-likeness (QED) is 0.464. The molecule has 2 atom stereocenters. The van der Waals surface area contributed by atoms with Crippen molar-refractivity contribution in [3.8, 4) is 0 Å². The zero-order valence-electron chi connectivity index (χ0n) is 14.1. The van der Waals surface area contributed by atoms with Gasteiger partial charge in [0.25, 0.3) is 0 Å². The first-order valence-electron chi connectivity index (χ1n) is 9.40. The highest BCUT2D eigenvalue weighted by Crippen LogP contribution is 2.37. The summed E-state index contributed by atoms with van der Waals surface area (Å²) < 4.78 is 0. The molecule has 20 heavy (non-hydrogen) atoms. The van der Waals surface area contributed by atoms with Crippen LogP contribution in [0.2, 0.25) is 0 Å². The minimum Gasteiger partial charge on any atom is -0.396 e. The van der Waals surface area contributed by atoms with Crippen LogP contribution in [0.4, 0.5) is 0 Å². The van der Waals surface area contributed by atoms with Crippen LogP contribution >= 0.6 is 0 Å². The van der Waals surface area contributed by atoms with Crippen molar-refractivity contribution in [1.82, 2.24) is 0 Å². The third-order valence-corrected chi connectivity index (χ3v) is 5.46.